The second-order valence-electron chi connectivity index (χ2n) is 7.36. The van der Waals surface area contributed by atoms with Crippen LogP contribution in [0.1, 0.15) is 37.9 Å². The number of aromatic nitrogens is 1. The minimum Gasteiger partial charge on any atom is -0.379 e. The fourth-order valence-electron chi connectivity index (χ4n) is 3.31. The van der Waals surface area contributed by atoms with Gasteiger partial charge >= 0.3 is 0 Å². The first kappa shape index (κ1) is 20.8. The normalized spacial score (nSPS) is 16.9. The van der Waals surface area contributed by atoms with E-state index >= 15 is 0 Å². The Bertz CT molecular complexity index is 859. The molecule has 2 aromatic rings. The number of hydrogen-bond donors (Lipinski definition) is 1. The molecule has 0 spiro atoms. The Labute approximate surface area is 168 Å². The number of pyridine rings is 1. The average Bonchev–Trinajstić information content (AvgIpc) is 2.73. The molecule has 1 saturated heterocycles. The first-order valence-electron chi connectivity index (χ1n) is 9.81. The molecule has 1 fully saturated rings. The van der Waals surface area contributed by atoms with E-state index in [1.165, 1.54) is 21.6 Å². The van der Waals surface area contributed by atoms with Gasteiger partial charge in [-0.25, -0.2) is 13.4 Å². The van der Waals surface area contributed by atoms with Crippen molar-refractivity contribution in [3.8, 4) is 0 Å². The lowest BCUT2D eigenvalue weighted by Crippen LogP contribution is -2.40. The van der Waals surface area contributed by atoms with Crippen LogP contribution in [0.4, 0.5) is 5.82 Å². The van der Waals surface area contributed by atoms with Crippen molar-refractivity contribution in [3.63, 3.8) is 0 Å². The molecule has 0 amide bonds. The number of nitrogens with zero attached hydrogens (tertiary/aromatic N) is 2. The summed E-state index contributed by atoms with van der Waals surface area (Å²) in [6.45, 7) is 8.07. The van der Waals surface area contributed by atoms with Gasteiger partial charge in [-0.1, -0.05) is 45.0 Å². The van der Waals surface area contributed by atoms with E-state index in [2.05, 4.69) is 55.3 Å². The van der Waals surface area contributed by atoms with E-state index in [1.807, 2.05) is 0 Å². The van der Waals surface area contributed by atoms with Crippen molar-refractivity contribution in [1.29, 1.82) is 0 Å². The molecule has 152 valence electrons. The summed E-state index contributed by atoms with van der Waals surface area (Å²) in [6.07, 6.45) is 2.45. The number of aryl methyl sites for hydroxylation is 1. The number of anilines is 1. The number of nitrogens with one attached hydrogen (secondary N) is 1. The van der Waals surface area contributed by atoms with E-state index < -0.39 is 10.0 Å². The largest absolute Gasteiger partial charge is 0.379 e. The van der Waals surface area contributed by atoms with Gasteiger partial charge in [0.15, 0.2) is 0 Å². The van der Waals surface area contributed by atoms with Crippen LogP contribution in [0.5, 0.6) is 0 Å². The highest BCUT2D eigenvalue weighted by atomic mass is 32.2. The fourth-order valence-corrected chi connectivity index (χ4v) is 4.66. The van der Waals surface area contributed by atoms with Crippen molar-refractivity contribution in [2.75, 3.05) is 31.6 Å². The Balaban J connectivity index is 1.76. The highest BCUT2D eigenvalue weighted by Crippen LogP contribution is 2.27. The molecule has 2 heterocycles. The van der Waals surface area contributed by atoms with Crippen molar-refractivity contribution >= 4 is 15.8 Å². The molecule has 1 aromatic carbocycles. The molecule has 1 N–H and O–H groups in total. The minimum atomic E-state index is -3.52. The van der Waals surface area contributed by atoms with E-state index in [0.29, 0.717) is 38.0 Å². The lowest BCUT2D eigenvalue weighted by Gasteiger charge is -2.26. The Hall–Kier alpha value is -1.96. The number of hydrogen-bond acceptors (Lipinski definition) is 5. The molecule has 0 aliphatic carbocycles. The van der Waals surface area contributed by atoms with Crippen LogP contribution in [-0.2, 0) is 21.2 Å². The third kappa shape index (κ3) is 4.71. The smallest absolute Gasteiger partial charge is 0.244 e. The molecule has 3 rings (SSSR count). The molecule has 28 heavy (non-hydrogen) atoms. The van der Waals surface area contributed by atoms with Crippen molar-refractivity contribution in [2.24, 2.45) is 5.92 Å². The molecule has 1 unspecified atom stereocenters. The topological polar surface area (TPSA) is 71.5 Å². The van der Waals surface area contributed by atoms with Crippen LogP contribution in [0.2, 0.25) is 0 Å². The summed E-state index contributed by atoms with van der Waals surface area (Å²) in [7, 11) is -3.52. The SMILES string of the molecule is CCc1ccc(C(Nc2ccc(S(=O)(=O)N3CCOCC3)cn2)C(C)C)cc1. The monoisotopic (exact) mass is 403 g/mol. The second kappa shape index (κ2) is 9.03. The molecule has 1 aliphatic heterocycles. The van der Waals surface area contributed by atoms with Crippen molar-refractivity contribution in [2.45, 2.75) is 38.1 Å². The Morgan fingerprint density at radius 2 is 1.79 bits per heavy atom. The van der Waals surface area contributed by atoms with Gasteiger partial charge in [0.25, 0.3) is 0 Å². The molecule has 1 aromatic heterocycles. The highest BCUT2D eigenvalue weighted by molar-refractivity contribution is 7.89. The van der Waals surface area contributed by atoms with E-state index in [-0.39, 0.29) is 10.9 Å². The standard InChI is InChI=1S/C21H29N3O3S/c1-4-17-5-7-18(8-6-17)21(16(2)3)23-20-10-9-19(15-22-20)28(25,26)24-11-13-27-14-12-24/h5-10,15-16,21H,4,11-14H2,1-3H3,(H,22,23). The van der Waals surface area contributed by atoms with Crippen LogP contribution >= 0.6 is 0 Å². The van der Waals surface area contributed by atoms with Gasteiger partial charge in [0.2, 0.25) is 10.0 Å². The molecule has 0 saturated carbocycles. The molecule has 1 atom stereocenters. The van der Waals surface area contributed by atoms with E-state index in [0.717, 1.165) is 6.42 Å². The first-order valence-corrected chi connectivity index (χ1v) is 11.2. The Morgan fingerprint density at radius 3 is 2.32 bits per heavy atom. The zero-order valence-corrected chi connectivity index (χ0v) is 17.6. The third-order valence-electron chi connectivity index (χ3n) is 5.06. The summed E-state index contributed by atoms with van der Waals surface area (Å²) in [6, 6.07) is 12.1. The molecule has 0 bridgehead atoms. The van der Waals surface area contributed by atoms with Gasteiger partial charge in [-0.15, -0.1) is 0 Å². The Kier molecular flexibility index (Phi) is 6.69. The fraction of sp³-hybridized carbons (Fsp3) is 0.476. The average molecular weight is 404 g/mol. The maximum atomic E-state index is 12.7. The van der Waals surface area contributed by atoms with Gasteiger partial charge in [0, 0.05) is 19.3 Å². The number of ether oxygens (including phenoxy) is 1. The van der Waals surface area contributed by atoms with Crippen LogP contribution in [0.3, 0.4) is 0 Å². The number of benzene rings is 1. The summed E-state index contributed by atoms with van der Waals surface area (Å²) in [5.74, 6) is 1.02. The van der Waals surface area contributed by atoms with Gasteiger partial charge < -0.3 is 10.1 Å². The summed E-state index contributed by atoms with van der Waals surface area (Å²) < 4.78 is 32.1. The maximum absolute atomic E-state index is 12.7. The minimum absolute atomic E-state index is 0.0973. The Morgan fingerprint density at radius 1 is 1.11 bits per heavy atom. The van der Waals surface area contributed by atoms with Crippen LogP contribution in [-0.4, -0.2) is 44.0 Å². The third-order valence-corrected chi connectivity index (χ3v) is 6.94. The van der Waals surface area contributed by atoms with Gasteiger partial charge in [-0.05, 0) is 35.6 Å². The molecule has 7 heteroatoms. The van der Waals surface area contributed by atoms with Crippen LogP contribution < -0.4 is 5.32 Å². The van der Waals surface area contributed by atoms with E-state index in [1.54, 1.807) is 12.1 Å². The van der Waals surface area contributed by atoms with Crippen molar-refractivity contribution in [3.05, 3.63) is 53.7 Å². The second-order valence-corrected chi connectivity index (χ2v) is 9.29. The summed E-state index contributed by atoms with van der Waals surface area (Å²) in [4.78, 5) is 4.59. The number of rotatable bonds is 7. The maximum Gasteiger partial charge on any atom is 0.244 e. The van der Waals surface area contributed by atoms with Gasteiger partial charge in [0.1, 0.15) is 10.7 Å². The highest BCUT2D eigenvalue weighted by Gasteiger charge is 2.26. The number of sulfonamides is 1. The van der Waals surface area contributed by atoms with E-state index in [4.69, 9.17) is 4.74 Å². The quantitative estimate of drug-likeness (QED) is 0.766. The van der Waals surface area contributed by atoms with Gasteiger partial charge in [0.05, 0.1) is 19.3 Å². The molecule has 1 aliphatic rings. The van der Waals surface area contributed by atoms with Gasteiger partial charge in [-0.2, -0.15) is 4.31 Å². The first-order chi connectivity index (χ1) is 13.4. The molecule has 0 radical (unpaired) electrons. The number of morpholine rings is 1. The summed E-state index contributed by atoms with van der Waals surface area (Å²) >= 11 is 0. The van der Waals surface area contributed by atoms with E-state index in [9.17, 15) is 8.42 Å². The molecular weight excluding hydrogens is 374 g/mol. The van der Waals surface area contributed by atoms with Crippen LogP contribution in [0, 0.1) is 5.92 Å². The van der Waals surface area contributed by atoms with Crippen molar-refractivity contribution < 1.29 is 13.2 Å². The van der Waals surface area contributed by atoms with Crippen LogP contribution in [0.25, 0.3) is 0 Å². The zero-order valence-electron chi connectivity index (χ0n) is 16.8. The summed E-state index contributed by atoms with van der Waals surface area (Å²) in [5, 5.41) is 3.45. The van der Waals surface area contributed by atoms with Crippen LogP contribution in [0.15, 0.2) is 47.5 Å². The zero-order chi connectivity index (χ0) is 20.1. The summed E-state index contributed by atoms with van der Waals surface area (Å²) in [5.41, 5.74) is 2.50. The predicted molar refractivity (Wildman–Crippen MR) is 111 cm³/mol. The molecular formula is C21H29N3O3S. The van der Waals surface area contributed by atoms with Gasteiger partial charge in [-0.3, -0.25) is 0 Å². The lowest BCUT2D eigenvalue weighted by atomic mass is 9.95. The lowest BCUT2D eigenvalue weighted by molar-refractivity contribution is 0.0730. The predicted octanol–water partition coefficient (Wildman–Crippen LogP) is 3.47. The van der Waals surface area contributed by atoms with Crippen molar-refractivity contribution in [1.82, 2.24) is 9.29 Å². The molecule has 6 nitrogen and oxygen atoms in total.